The lowest BCUT2D eigenvalue weighted by atomic mass is 9.98. The summed E-state index contributed by atoms with van der Waals surface area (Å²) in [4.78, 5) is 19.1. The van der Waals surface area contributed by atoms with Gasteiger partial charge < -0.3 is 9.64 Å². The smallest absolute Gasteiger partial charge is 0.227 e. The van der Waals surface area contributed by atoms with Gasteiger partial charge >= 0.3 is 0 Å². The highest BCUT2D eigenvalue weighted by Crippen LogP contribution is 2.37. The molecule has 0 N–H and O–H groups in total. The first kappa shape index (κ1) is 16.4. The highest BCUT2D eigenvalue weighted by atomic mass is 35.5. The fourth-order valence-corrected chi connectivity index (χ4v) is 4.34. The molecule has 5 heteroatoms. The summed E-state index contributed by atoms with van der Waals surface area (Å²) in [5.41, 5.74) is 0.905. The summed E-state index contributed by atoms with van der Waals surface area (Å²) in [5.74, 6) is 0.989. The first-order valence-electron chi connectivity index (χ1n) is 8.82. The second-order valence-electron chi connectivity index (χ2n) is 6.85. The molecular formula is C20H21ClN2O2. The Hall–Kier alpha value is -2.07. The van der Waals surface area contributed by atoms with Crippen LogP contribution in [0.5, 0.6) is 5.75 Å². The number of amides is 1. The van der Waals surface area contributed by atoms with Crippen molar-refractivity contribution in [3.05, 3.63) is 59.4 Å². The molecule has 25 heavy (non-hydrogen) atoms. The van der Waals surface area contributed by atoms with E-state index in [0.717, 1.165) is 37.0 Å². The van der Waals surface area contributed by atoms with Crippen LogP contribution in [0.25, 0.3) is 0 Å². The molecule has 1 amide bonds. The summed E-state index contributed by atoms with van der Waals surface area (Å²) in [6, 6.07) is 12.0. The summed E-state index contributed by atoms with van der Waals surface area (Å²) in [6.07, 6.45) is 7.92. The van der Waals surface area contributed by atoms with Crippen LogP contribution in [-0.4, -0.2) is 34.0 Å². The van der Waals surface area contributed by atoms with Crippen LogP contribution < -0.4 is 4.74 Å². The van der Waals surface area contributed by atoms with Gasteiger partial charge in [-0.3, -0.25) is 9.78 Å². The zero-order valence-corrected chi connectivity index (χ0v) is 14.7. The zero-order valence-electron chi connectivity index (χ0n) is 14.0. The number of nitrogens with zero attached hydrogens (tertiary/aromatic N) is 2. The summed E-state index contributed by atoms with van der Waals surface area (Å²) in [7, 11) is 0. The molecule has 2 aromatic rings. The van der Waals surface area contributed by atoms with Crippen molar-refractivity contribution in [3.8, 4) is 5.75 Å². The Morgan fingerprint density at radius 2 is 1.92 bits per heavy atom. The van der Waals surface area contributed by atoms with E-state index in [0.29, 0.717) is 11.4 Å². The molecule has 2 saturated heterocycles. The van der Waals surface area contributed by atoms with E-state index >= 15 is 0 Å². The van der Waals surface area contributed by atoms with Crippen LogP contribution in [-0.2, 0) is 11.2 Å². The van der Waals surface area contributed by atoms with Gasteiger partial charge in [0.05, 0.1) is 12.6 Å². The standard InChI is InChI=1S/C20H21ClN2O2/c21-19-6-2-1-4-14(19)10-20(24)23-15-7-8-16(23)12-18(11-15)25-17-5-3-9-22-13-17/h1-6,9,13,15-16,18H,7-8,10-12H2. The largest absolute Gasteiger partial charge is 0.489 e. The van der Waals surface area contributed by atoms with Gasteiger partial charge in [-0.1, -0.05) is 29.8 Å². The van der Waals surface area contributed by atoms with Gasteiger partial charge in [0.25, 0.3) is 0 Å². The molecule has 2 unspecified atom stereocenters. The fraction of sp³-hybridized carbons (Fsp3) is 0.400. The maximum atomic E-state index is 12.9. The molecule has 0 saturated carbocycles. The SMILES string of the molecule is O=C(Cc1ccccc1Cl)N1C2CCC1CC(Oc1cccnc1)C2. The predicted octanol–water partition coefficient (Wildman–Crippen LogP) is 3.88. The van der Waals surface area contributed by atoms with Crippen molar-refractivity contribution >= 4 is 17.5 Å². The molecule has 0 aliphatic carbocycles. The molecule has 4 nitrogen and oxygen atoms in total. The van der Waals surface area contributed by atoms with E-state index in [-0.39, 0.29) is 24.1 Å². The second kappa shape index (κ2) is 7.04. The topological polar surface area (TPSA) is 42.4 Å². The number of piperidine rings is 1. The van der Waals surface area contributed by atoms with Crippen molar-refractivity contribution in [2.45, 2.75) is 50.3 Å². The lowest BCUT2D eigenvalue weighted by molar-refractivity contribution is -0.136. The third-order valence-electron chi connectivity index (χ3n) is 5.21. The number of hydrogen-bond donors (Lipinski definition) is 0. The summed E-state index contributed by atoms with van der Waals surface area (Å²) in [5, 5.41) is 0.665. The highest BCUT2D eigenvalue weighted by Gasteiger charge is 2.43. The van der Waals surface area contributed by atoms with Crippen molar-refractivity contribution in [3.63, 3.8) is 0 Å². The van der Waals surface area contributed by atoms with E-state index in [1.807, 2.05) is 36.4 Å². The predicted molar refractivity (Wildman–Crippen MR) is 96.7 cm³/mol. The van der Waals surface area contributed by atoms with Crippen LogP contribution in [0, 0.1) is 0 Å². The summed E-state index contributed by atoms with van der Waals surface area (Å²) in [6.45, 7) is 0. The number of hydrogen-bond acceptors (Lipinski definition) is 3. The molecule has 0 spiro atoms. The van der Waals surface area contributed by atoms with E-state index < -0.39 is 0 Å². The number of benzene rings is 1. The molecule has 1 aromatic heterocycles. The number of fused-ring (bicyclic) bond motifs is 2. The van der Waals surface area contributed by atoms with Gasteiger partial charge in [0, 0.05) is 36.1 Å². The minimum atomic E-state index is 0.158. The minimum absolute atomic E-state index is 0.158. The molecular weight excluding hydrogens is 336 g/mol. The Morgan fingerprint density at radius 1 is 1.16 bits per heavy atom. The molecule has 1 aromatic carbocycles. The minimum Gasteiger partial charge on any atom is -0.489 e. The number of carbonyl (C=O) groups is 1. The molecule has 2 fully saturated rings. The Kier molecular flexibility index (Phi) is 4.62. The van der Waals surface area contributed by atoms with Crippen LogP contribution in [0.3, 0.4) is 0 Å². The molecule has 0 radical (unpaired) electrons. The highest BCUT2D eigenvalue weighted by molar-refractivity contribution is 6.31. The van der Waals surface area contributed by atoms with Gasteiger partial charge in [0.15, 0.2) is 0 Å². The second-order valence-corrected chi connectivity index (χ2v) is 7.26. The maximum absolute atomic E-state index is 12.9. The monoisotopic (exact) mass is 356 g/mol. The average molecular weight is 357 g/mol. The Labute approximate surface area is 152 Å². The summed E-state index contributed by atoms with van der Waals surface area (Å²) < 4.78 is 6.08. The zero-order chi connectivity index (χ0) is 17.2. The van der Waals surface area contributed by atoms with Crippen LogP contribution >= 0.6 is 11.6 Å². The molecule has 2 bridgehead atoms. The number of ether oxygens (including phenoxy) is 1. The van der Waals surface area contributed by atoms with Gasteiger partial charge in [-0.15, -0.1) is 0 Å². The van der Waals surface area contributed by atoms with Crippen molar-refractivity contribution in [2.75, 3.05) is 0 Å². The summed E-state index contributed by atoms with van der Waals surface area (Å²) >= 11 is 6.21. The molecule has 4 rings (SSSR count). The maximum Gasteiger partial charge on any atom is 0.227 e. The van der Waals surface area contributed by atoms with E-state index in [1.165, 1.54) is 0 Å². The third-order valence-corrected chi connectivity index (χ3v) is 5.58. The number of halogens is 1. The number of rotatable bonds is 4. The van der Waals surface area contributed by atoms with Gasteiger partial charge in [-0.25, -0.2) is 0 Å². The van der Waals surface area contributed by atoms with Gasteiger partial charge in [-0.05, 0) is 36.6 Å². The average Bonchev–Trinajstić information content (AvgIpc) is 2.89. The van der Waals surface area contributed by atoms with E-state index in [2.05, 4.69) is 9.88 Å². The van der Waals surface area contributed by atoms with Gasteiger partial charge in [-0.2, -0.15) is 0 Å². The van der Waals surface area contributed by atoms with Crippen LogP contribution in [0.15, 0.2) is 48.8 Å². The lowest BCUT2D eigenvalue weighted by Crippen LogP contribution is -2.49. The van der Waals surface area contributed by atoms with Crippen molar-refractivity contribution in [2.24, 2.45) is 0 Å². The van der Waals surface area contributed by atoms with E-state index in [9.17, 15) is 4.79 Å². The Balaban J connectivity index is 1.42. The van der Waals surface area contributed by atoms with Gasteiger partial charge in [0.2, 0.25) is 5.91 Å². The third kappa shape index (κ3) is 3.49. The first-order valence-corrected chi connectivity index (χ1v) is 9.20. The fourth-order valence-electron chi connectivity index (χ4n) is 4.14. The van der Waals surface area contributed by atoms with Crippen molar-refractivity contribution < 1.29 is 9.53 Å². The number of aromatic nitrogens is 1. The normalized spacial score (nSPS) is 25.0. The van der Waals surface area contributed by atoms with Crippen LogP contribution in [0.2, 0.25) is 5.02 Å². The molecule has 3 heterocycles. The molecule has 2 atom stereocenters. The number of pyridine rings is 1. The van der Waals surface area contributed by atoms with Crippen LogP contribution in [0.1, 0.15) is 31.2 Å². The van der Waals surface area contributed by atoms with E-state index in [4.69, 9.17) is 16.3 Å². The molecule has 2 aliphatic heterocycles. The molecule has 2 aliphatic rings. The Bertz CT molecular complexity index is 738. The lowest BCUT2D eigenvalue weighted by Gasteiger charge is -2.39. The van der Waals surface area contributed by atoms with E-state index in [1.54, 1.807) is 12.4 Å². The van der Waals surface area contributed by atoms with Crippen LogP contribution in [0.4, 0.5) is 0 Å². The first-order chi connectivity index (χ1) is 12.2. The van der Waals surface area contributed by atoms with Crippen molar-refractivity contribution in [1.29, 1.82) is 0 Å². The molecule has 130 valence electrons. The van der Waals surface area contributed by atoms with Gasteiger partial charge in [0.1, 0.15) is 11.9 Å². The van der Waals surface area contributed by atoms with Crippen molar-refractivity contribution in [1.82, 2.24) is 9.88 Å². The Morgan fingerprint density at radius 3 is 2.60 bits per heavy atom. The number of carbonyl (C=O) groups excluding carboxylic acids is 1. The quantitative estimate of drug-likeness (QED) is 0.835.